The number of methoxy groups -OCH3 is 1. The topological polar surface area (TPSA) is 168 Å². The van der Waals surface area contributed by atoms with E-state index in [1.165, 1.54) is 33.5 Å². The van der Waals surface area contributed by atoms with Gasteiger partial charge in [0.2, 0.25) is 0 Å². The fraction of sp³-hybridized carbons (Fsp3) is 0.677. The molecule has 4 aliphatic rings. The van der Waals surface area contributed by atoms with Crippen LogP contribution in [-0.4, -0.2) is 76.8 Å². The molecule has 5 rings (SSSR count). The van der Waals surface area contributed by atoms with E-state index in [1.54, 1.807) is 33.8 Å². The van der Waals surface area contributed by atoms with E-state index < -0.39 is 94.2 Å². The van der Waals surface area contributed by atoms with Gasteiger partial charge in [-0.2, -0.15) is 0 Å². The van der Waals surface area contributed by atoms with Crippen LogP contribution in [0.15, 0.2) is 35.2 Å². The van der Waals surface area contributed by atoms with Gasteiger partial charge in [0.05, 0.1) is 43.2 Å². The van der Waals surface area contributed by atoms with Crippen LogP contribution in [0.4, 0.5) is 0 Å². The molecule has 10 atom stereocenters. The van der Waals surface area contributed by atoms with E-state index in [9.17, 15) is 29.4 Å². The molecule has 1 aromatic rings. The molecule has 2 aliphatic heterocycles. The fourth-order valence-corrected chi connectivity index (χ4v) is 8.79. The van der Waals surface area contributed by atoms with Gasteiger partial charge in [-0.3, -0.25) is 14.4 Å². The summed E-state index contributed by atoms with van der Waals surface area (Å²) in [5, 5.41) is 24.6. The highest BCUT2D eigenvalue weighted by atomic mass is 16.6. The predicted molar refractivity (Wildman–Crippen MR) is 146 cm³/mol. The number of ether oxygens (including phenoxy) is 5. The third-order valence-electron chi connectivity index (χ3n) is 11.2. The van der Waals surface area contributed by atoms with Crippen LogP contribution in [0.1, 0.15) is 72.5 Å². The van der Waals surface area contributed by atoms with E-state index in [0.717, 1.165) is 0 Å². The lowest BCUT2D eigenvalue weighted by Crippen LogP contribution is -2.83. The summed E-state index contributed by atoms with van der Waals surface area (Å²) in [6.07, 6.45) is -3.46. The Balaban J connectivity index is 1.78. The first-order chi connectivity index (χ1) is 19.9. The number of carbonyl (C=O) groups is 4. The summed E-state index contributed by atoms with van der Waals surface area (Å²) in [6, 6.07) is 1.61. The normalized spacial score (nSPS) is 43.0. The van der Waals surface area contributed by atoms with Crippen molar-refractivity contribution in [3.63, 3.8) is 0 Å². The summed E-state index contributed by atoms with van der Waals surface area (Å²) in [7, 11) is 1.21. The first kappa shape index (κ1) is 31.2. The number of hydrogen-bond acceptors (Lipinski definition) is 12. The number of aliphatic hydroxyl groups excluding tert-OH is 1. The standard InChI is InChI=1S/C31H40O12/c1-15-19-11-21(41-17(3)33)29(7)25(18-9-10-39-14-18)42-26(36)24(35)31(15,29)43-22-12-20(40-16(2)32)27(4,5)30(37,28(19,22)6)13-23(34)38-8/h9-10,14,19-22,24-25,35,37H,1,11-13H2,2-8H3/t19-,20-,21+,22-,24+,25+,28+,29-,30-,31+/m0/s1. The molecule has 2 N–H and O–H groups in total. The molecule has 4 fully saturated rings. The zero-order chi connectivity index (χ0) is 31.9. The summed E-state index contributed by atoms with van der Waals surface area (Å²) >= 11 is 0. The van der Waals surface area contributed by atoms with Crippen LogP contribution in [0.2, 0.25) is 0 Å². The molecular weight excluding hydrogens is 564 g/mol. The van der Waals surface area contributed by atoms with Crippen molar-refractivity contribution in [1.82, 2.24) is 0 Å². The van der Waals surface area contributed by atoms with Crippen molar-refractivity contribution in [3.05, 3.63) is 36.3 Å². The Bertz CT molecular complexity index is 1350. The second-order valence-corrected chi connectivity index (χ2v) is 13.3. The van der Waals surface area contributed by atoms with Crippen molar-refractivity contribution in [2.75, 3.05) is 7.11 Å². The number of aliphatic hydroxyl groups is 2. The van der Waals surface area contributed by atoms with Crippen LogP contribution in [0.3, 0.4) is 0 Å². The second kappa shape index (κ2) is 9.90. The van der Waals surface area contributed by atoms with Gasteiger partial charge in [-0.1, -0.05) is 27.4 Å². The average molecular weight is 605 g/mol. The maximum absolute atomic E-state index is 13.4. The zero-order valence-electron chi connectivity index (χ0n) is 25.5. The molecule has 3 heterocycles. The molecule has 2 aliphatic carbocycles. The average Bonchev–Trinajstić information content (AvgIpc) is 3.45. The molecule has 0 radical (unpaired) electrons. The summed E-state index contributed by atoms with van der Waals surface area (Å²) in [5.41, 5.74) is -7.08. The van der Waals surface area contributed by atoms with Crippen LogP contribution >= 0.6 is 0 Å². The van der Waals surface area contributed by atoms with E-state index in [0.29, 0.717) is 11.1 Å². The molecule has 2 bridgehead atoms. The van der Waals surface area contributed by atoms with E-state index in [4.69, 9.17) is 28.1 Å². The maximum Gasteiger partial charge on any atom is 0.339 e. The molecule has 43 heavy (non-hydrogen) atoms. The van der Waals surface area contributed by atoms with Gasteiger partial charge in [0, 0.05) is 36.7 Å². The minimum Gasteiger partial charge on any atom is -0.472 e. The van der Waals surface area contributed by atoms with Crippen LogP contribution in [0, 0.1) is 22.2 Å². The molecule has 12 nitrogen and oxygen atoms in total. The molecule has 12 heteroatoms. The molecular formula is C31H40O12. The van der Waals surface area contributed by atoms with Crippen LogP contribution in [0.5, 0.6) is 0 Å². The smallest absolute Gasteiger partial charge is 0.339 e. The monoisotopic (exact) mass is 604 g/mol. The van der Waals surface area contributed by atoms with Crippen LogP contribution < -0.4 is 0 Å². The lowest BCUT2D eigenvalue weighted by Gasteiger charge is -2.74. The van der Waals surface area contributed by atoms with Gasteiger partial charge in [0.1, 0.15) is 23.9 Å². The fourth-order valence-electron chi connectivity index (χ4n) is 8.79. The highest BCUT2D eigenvalue weighted by Gasteiger charge is 2.82. The van der Waals surface area contributed by atoms with Gasteiger partial charge in [-0.05, 0) is 30.9 Å². The molecule has 2 saturated heterocycles. The molecule has 0 amide bonds. The number of hydrogen-bond donors (Lipinski definition) is 2. The van der Waals surface area contributed by atoms with Gasteiger partial charge in [-0.15, -0.1) is 0 Å². The Morgan fingerprint density at radius 2 is 1.67 bits per heavy atom. The molecule has 2 saturated carbocycles. The molecule has 0 aromatic carbocycles. The van der Waals surface area contributed by atoms with Gasteiger partial charge in [0.15, 0.2) is 6.10 Å². The van der Waals surface area contributed by atoms with Crippen molar-refractivity contribution in [2.45, 2.75) is 103 Å². The van der Waals surface area contributed by atoms with E-state index in [1.807, 2.05) is 0 Å². The van der Waals surface area contributed by atoms with Gasteiger partial charge in [-0.25, -0.2) is 4.79 Å². The second-order valence-electron chi connectivity index (χ2n) is 13.3. The maximum atomic E-state index is 13.4. The van der Waals surface area contributed by atoms with Crippen molar-refractivity contribution >= 4 is 23.9 Å². The summed E-state index contributed by atoms with van der Waals surface area (Å²) in [4.78, 5) is 51.1. The number of esters is 4. The Morgan fingerprint density at radius 1 is 1.05 bits per heavy atom. The summed E-state index contributed by atoms with van der Waals surface area (Å²) in [5.74, 6) is -3.66. The van der Waals surface area contributed by atoms with E-state index >= 15 is 0 Å². The number of rotatable bonds is 5. The predicted octanol–water partition coefficient (Wildman–Crippen LogP) is 2.55. The van der Waals surface area contributed by atoms with Gasteiger partial charge >= 0.3 is 23.9 Å². The number of carbonyl (C=O) groups excluding carboxylic acids is 4. The third kappa shape index (κ3) is 3.85. The minimum atomic E-state index is -1.94. The Labute approximate surface area is 249 Å². The molecule has 1 aromatic heterocycles. The molecule has 236 valence electrons. The number of furan rings is 1. The lowest BCUT2D eigenvalue weighted by molar-refractivity contribution is -0.375. The first-order valence-electron chi connectivity index (χ1n) is 14.3. The van der Waals surface area contributed by atoms with Gasteiger partial charge < -0.3 is 38.3 Å². The largest absolute Gasteiger partial charge is 0.472 e. The van der Waals surface area contributed by atoms with Crippen molar-refractivity contribution < 1.29 is 57.5 Å². The lowest BCUT2D eigenvalue weighted by atomic mass is 9.39. The SMILES string of the molecule is C=C1[C@@H]2C[C@@H](OC(C)=O)[C@@]3(C)[C@@H](c4ccoc4)OC(=O)[C@@H](O)[C@]13O[C@H]1C[C@H](OC(C)=O)C(C)(C)[C@@](O)(CC(=O)OC)[C@@]12C. The summed E-state index contributed by atoms with van der Waals surface area (Å²) < 4.78 is 34.7. The Kier molecular flexibility index (Phi) is 7.18. The quantitative estimate of drug-likeness (QED) is 0.287. The minimum absolute atomic E-state index is 0.0601. The highest BCUT2D eigenvalue weighted by Crippen LogP contribution is 2.73. The molecule has 0 unspecified atom stereocenters. The zero-order valence-corrected chi connectivity index (χ0v) is 25.5. The Morgan fingerprint density at radius 3 is 2.23 bits per heavy atom. The first-order valence-corrected chi connectivity index (χ1v) is 14.3. The van der Waals surface area contributed by atoms with Gasteiger partial charge in [0.25, 0.3) is 0 Å². The Hall–Kier alpha value is -3.22. The number of cyclic esters (lactones) is 1. The summed E-state index contributed by atoms with van der Waals surface area (Å²) in [6.45, 7) is 13.7. The molecule has 1 spiro atoms. The van der Waals surface area contributed by atoms with E-state index in [2.05, 4.69) is 6.58 Å². The van der Waals surface area contributed by atoms with Crippen molar-refractivity contribution in [1.29, 1.82) is 0 Å². The van der Waals surface area contributed by atoms with Crippen LogP contribution in [-0.2, 0) is 42.9 Å². The van der Waals surface area contributed by atoms with E-state index in [-0.39, 0.29) is 12.8 Å². The highest BCUT2D eigenvalue weighted by molar-refractivity contribution is 5.80. The third-order valence-corrected chi connectivity index (χ3v) is 11.2. The number of fused-ring (bicyclic) bond motifs is 3. The van der Waals surface area contributed by atoms with Crippen LogP contribution in [0.25, 0.3) is 0 Å². The van der Waals surface area contributed by atoms with Crippen molar-refractivity contribution in [3.8, 4) is 0 Å². The van der Waals surface area contributed by atoms with Crippen molar-refractivity contribution in [2.24, 2.45) is 22.2 Å².